The molecule has 4 rings (SSSR count). The van der Waals surface area contributed by atoms with E-state index in [4.69, 9.17) is 11.6 Å². The summed E-state index contributed by atoms with van der Waals surface area (Å²) in [5, 5.41) is 1.03. The SMILES string of the molecule is O=C(N=C1S[C@@H]2CS(=O)(=O)C[C@H]2N1c1ccccc1Cl)C1CCCCC1. The number of aliphatic imine (C=N–C) groups is 1. The number of fused-ring (bicyclic) bond motifs is 1. The Labute approximate surface area is 163 Å². The number of amides is 1. The Morgan fingerprint density at radius 2 is 1.88 bits per heavy atom. The first-order valence-corrected chi connectivity index (χ1v) is 12.1. The van der Waals surface area contributed by atoms with Crippen LogP contribution in [0.5, 0.6) is 0 Å². The summed E-state index contributed by atoms with van der Waals surface area (Å²) < 4.78 is 24.2. The van der Waals surface area contributed by atoms with Crippen molar-refractivity contribution in [1.29, 1.82) is 0 Å². The zero-order valence-corrected chi connectivity index (χ0v) is 16.7. The van der Waals surface area contributed by atoms with Crippen LogP contribution in [0.1, 0.15) is 32.1 Å². The van der Waals surface area contributed by atoms with Crippen LogP contribution in [-0.2, 0) is 14.6 Å². The number of anilines is 1. The summed E-state index contributed by atoms with van der Waals surface area (Å²) in [4.78, 5) is 19.0. The molecule has 2 heterocycles. The zero-order valence-electron chi connectivity index (χ0n) is 14.3. The lowest BCUT2D eigenvalue weighted by Crippen LogP contribution is -2.38. The number of carbonyl (C=O) groups excluding carboxylic acids is 1. The van der Waals surface area contributed by atoms with E-state index in [1.807, 2.05) is 23.1 Å². The molecule has 1 aliphatic carbocycles. The number of para-hydroxylation sites is 1. The molecule has 2 saturated heterocycles. The molecular weight excluding hydrogens is 392 g/mol. The van der Waals surface area contributed by atoms with Crippen LogP contribution in [0.25, 0.3) is 0 Å². The summed E-state index contributed by atoms with van der Waals surface area (Å²) in [5.41, 5.74) is 0.724. The van der Waals surface area contributed by atoms with Crippen LogP contribution >= 0.6 is 23.4 Å². The Kier molecular flexibility index (Phi) is 5.05. The zero-order chi connectivity index (χ0) is 18.3. The monoisotopic (exact) mass is 412 g/mol. The maximum atomic E-state index is 12.7. The molecule has 2 aliphatic heterocycles. The predicted molar refractivity (Wildman–Crippen MR) is 107 cm³/mol. The molecule has 0 radical (unpaired) electrons. The number of benzene rings is 1. The van der Waals surface area contributed by atoms with Crippen molar-refractivity contribution >= 4 is 50.0 Å². The lowest BCUT2D eigenvalue weighted by Gasteiger charge is -2.26. The van der Waals surface area contributed by atoms with Crippen molar-refractivity contribution in [3.05, 3.63) is 29.3 Å². The second-order valence-electron chi connectivity index (χ2n) is 7.19. The van der Waals surface area contributed by atoms with Gasteiger partial charge in [-0.2, -0.15) is 4.99 Å². The summed E-state index contributed by atoms with van der Waals surface area (Å²) >= 11 is 7.78. The van der Waals surface area contributed by atoms with Gasteiger partial charge in [-0.15, -0.1) is 0 Å². The molecule has 2 atom stereocenters. The highest BCUT2D eigenvalue weighted by molar-refractivity contribution is 8.16. The normalized spacial score (nSPS) is 29.9. The highest BCUT2D eigenvalue weighted by Gasteiger charge is 2.49. The van der Waals surface area contributed by atoms with Crippen molar-refractivity contribution in [3.63, 3.8) is 0 Å². The van der Waals surface area contributed by atoms with Crippen LogP contribution in [0.4, 0.5) is 5.69 Å². The van der Waals surface area contributed by atoms with E-state index in [-0.39, 0.29) is 34.6 Å². The van der Waals surface area contributed by atoms with Crippen molar-refractivity contribution in [1.82, 2.24) is 0 Å². The average Bonchev–Trinajstić information content (AvgIpc) is 3.07. The number of rotatable bonds is 2. The van der Waals surface area contributed by atoms with Gasteiger partial charge in [0.2, 0.25) is 0 Å². The van der Waals surface area contributed by atoms with E-state index in [0.29, 0.717) is 10.2 Å². The van der Waals surface area contributed by atoms with Crippen molar-refractivity contribution in [2.24, 2.45) is 10.9 Å². The molecule has 140 valence electrons. The number of thioether (sulfide) groups is 1. The van der Waals surface area contributed by atoms with Gasteiger partial charge in [0.25, 0.3) is 5.91 Å². The number of hydrogen-bond donors (Lipinski definition) is 0. The van der Waals surface area contributed by atoms with Crippen LogP contribution in [0.15, 0.2) is 29.3 Å². The lowest BCUT2D eigenvalue weighted by atomic mass is 9.89. The number of nitrogens with zero attached hydrogens (tertiary/aromatic N) is 2. The van der Waals surface area contributed by atoms with E-state index < -0.39 is 9.84 Å². The molecule has 0 aromatic heterocycles. The van der Waals surface area contributed by atoms with E-state index in [1.165, 1.54) is 18.2 Å². The maximum absolute atomic E-state index is 12.7. The fraction of sp³-hybridized carbons (Fsp3) is 0.556. The first kappa shape index (κ1) is 18.3. The van der Waals surface area contributed by atoms with E-state index in [1.54, 1.807) is 6.07 Å². The molecule has 0 N–H and O–H groups in total. The fourth-order valence-corrected chi connectivity index (χ4v) is 8.17. The van der Waals surface area contributed by atoms with Crippen molar-refractivity contribution in [2.45, 2.75) is 43.4 Å². The standard InChI is InChI=1S/C18H21ClN2O3S2/c19-13-8-4-5-9-14(13)21-15-10-26(23,24)11-16(15)25-18(21)20-17(22)12-6-2-1-3-7-12/h4-5,8-9,12,15-16H,1-3,6-7,10-11H2/t15-,16-/m1/s1. The molecule has 8 heteroatoms. The fourth-order valence-electron chi connectivity index (χ4n) is 4.03. The van der Waals surface area contributed by atoms with Crippen molar-refractivity contribution in [2.75, 3.05) is 16.4 Å². The van der Waals surface area contributed by atoms with Gasteiger partial charge in [0.05, 0.1) is 28.3 Å². The van der Waals surface area contributed by atoms with E-state index in [9.17, 15) is 13.2 Å². The van der Waals surface area contributed by atoms with E-state index in [0.717, 1.165) is 31.4 Å². The third-order valence-corrected chi connectivity index (χ3v) is 8.87. The molecule has 1 aromatic carbocycles. The number of amidine groups is 1. The van der Waals surface area contributed by atoms with Gasteiger partial charge in [0.15, 0.2) is 15.0 Å². The molecule has 0 unspecified atom stereocenters. The number of carbonyl (C=O) groups is 1. The molecular formula is C18H21ClN2O3S2. The van der Waals surface area contributed by atoms with Crippen LogP contribution in [0.3, 0.4) is 0 Å². The summed E-state index contributed by atoms with van der Waals surface area (Å²) in [6.07, 6.45) is 5.13. The topological polar surface area (TPSA) is 66.8 Å². The summed E-state index contributed by atoms with van der Waals surface area (Å²) in [6, 6.07) is 7.11. The summed E-state index contributed by atoms with van der Waals surface area (Å²) in [6.45, 7) is 0. The largest absolute Gasteiger partial charge is 0.314 e. The van der Waals surface area contributed by atoms with Gasteiger partial charge < -0.3 is 4.90 Å². The Hall–Kier alpha value is -1.05. The lowest BCUT2D eigenvalue weighted by molar-refractivity contribution is -0.122. The van der Waals surface area contributed by atoms with Gasteiger partial charge in [-0.3, -0.25) is 4.79 Å². The number of halogens is 1. The van der Waals surface area contributed by atoms with Crippen LogP contribution in [-0.4, -0.2) is 42.3 Å². The van der Waals surface area contributed by atoms with Gasteiger partial charge in [-0.05, 0) is 25.0 Å². The van der Waals surface area contributed by atoms with Crippen molar-refractivity contribution in [3.8, 4) is 0 Å². The first-order valence-electron chi connectivity index (χ1n) is 8.98. The molecule has 0 spiro atoms. The Morgan fingerprint density at radius 1 is 1.15 bits per heavy atom. The molecule has 5 nitrogen and oxygen atoms in total. The molecule has 1 aromatic rings. The predicted octanol–water partition coefficient (Wildman–Crippen LogP) is 3.52. The van der Waals surface area contributed by atoms with Gasteiger partial charge in [0.1, 0.15) is 0 Å². The van der Waals surface area contributed by atoms with Crippen LogP contribution in [0.2, 0.25) is 5.02 Å². The minimum absolute atomic E-state index is 0.00545. The van der Waals surface area contributed by atoms with Gasteiger partial charge >= 0.3 is 0 Å². The second kappa shape index (κ2) is 7.17. The Morgan fingerprint density at radius 3 is 2.62 bits per heavy atom. The minimum Gasteiger partial charge on any atom is -0.314 e. The third kappa shape index (κ3) is 3.53. The first-order chi connectivity index (χ1) is 12.4. The third-order valence-electron chi connectivity index (χ3n) is 5.34. The van der Waals surface area contributed by atoms with Gasteiger partial charge in [-0.1, -0.05) is 54.8 Å². The molecule has 3 aliphatic rings. The summed E-state index contributed by atoms with van der Waals surface area (Å²) in [7, 11) is -3.08. The smallest absolute Gasteiger partial charge is 0.251 e. The molecule has 26 heavy (non-hydrogen) atoms. The molecule has 3 fully saturated rings. The highest BCUT2D eigenvalue weighted by Crippen LogP contribution is 2.43. The van der Waals surface area contributed by atoms with E-state index >= 15 is 0 Å². The van der Waals surface area contributed by atoms with Gasteiger partial charge in [0, 0.05) is 11.2 Å². The quantitative estimate of drug-likeness (QED) is 0.743. The van der Waals surface area contributed by atoms with Crippen molar-refractivity contribution < 1.29 is 13.2 Å². The summed E-state index contributed by atoms with van der Waals surface area (Å²) in [5.74, 6) is 0.119. The molecule has 1 amide bonds. The van der Waals surface area contributed by atoms with E-state index in [2.05, 4.69) is 4.99 Å². The Balaban J connectivity index is 1.68. The maximum Gasteiger partial charge on any atom is 0.251 e. The highest BCUT2D eigenvalue weighted by atomic mass is 35.5. The Bertz CT molecular complexity index is 850. The molecule has 0 bridgehead atoms. The average molecular weight is 413 g/mol. The van der Waals surface area contributed by atoms with Gasteiger partial charge in [-0.25, -0.2) is 8.42 Å². The molecule has 1 saturated carbocycles. The van der Waals surface area contributed by atoms with Crippen LogP contribution in [0, 0.1) is 5.92 Å². The number of hydrogen-bond acceptors (Lipinski definition) is 4. The minimum atomic E-state index is -3.08. The van der Waals surface area contributed by atoms with Crippen LogP contribution < -0.4 is 4.90 Å². The second-order valence-corrected chi connectivity index (χ2v) is 11.0. The number of sulfone groups is 1.